The molecular weight excluding hydrogens is 274 g/mol. The molecule has 1 aromatic rings. The van der Waals surface area contributed by atoms with Crippen LogP contribution in [-0.2, 0) is 4.79 Å². The van der Waals surface area contributed by atoms with Crippen molar-refractivity contribution < 1.29 is 14.8 Å². The van der Waals surface area contributed by atoms with Crippen molar-refractivity contribution >= 4 is 17.5 Å². The number of pyridine rings is 1. The molecule has 1 aliphatic carbocycles. The molecule has 0 radical (unpaired) electrons. The number of carboxylic acids is 1. The lowest BCUT2D eigenvalue weighted by atomic mass is 9.74. The first kappa shape index (κ1) is 15.2. The van der Waals surface area contributed by atoms with Gasteiger partial charge in [-0.2, -0.15) is 0 Å². The lowest BCUT2D eigenvalue weighted by Gasteiger charge is -2.33. The van der Waals surface area contributed by atoms with E-state index >= 15 is 0 Å². The predicted molar refractivity (Wildman–Crippen MR) is 77.3 cm³/mol. The van der Waals surface area contributed by atoms with E-state index in [1.807, 2.05) is 0 Å². The summed E-state index contributed by atoms with van der Waals surface area (Å²) in [4.78, 5) is 26.2. The van der Waals surface area contributed by atoms with Crippen molar-refractivity contribution in [2.24, 2.45) is 5.41 Å². The third-order valence-electron chi connectivity index (χ3n) is 4.17. The van der Waals surface area contributed by atoms with Gasteiger partial charge in [-0.25, -0.2) is 4.98 Å². The highest BCUT2D eigenvalue weighted by Gasteiger charge is 2.40. The molecule has 0 atom stereocenters. The number of carbonyl (C=O) groups is 1. The van der Waals surface area contributed by atoms with E-state index in [2.05, 4.69) is 10.3 Å². The van der Waals surface area contributed by atoms with Gasteiger partial charge >= 0.3 is 11.7 Å². The Hall–Kier alpha value is -2.18. The number of rotatable bonds is 5. The van der Waals surface area contributed by atoms with Crippen molar-refractivity contribution in [3.63, 3.8) is 0 Å². The first-order chi connectivity index (χ1) is 9.96. The van der Waals surface area contributed by atoms with Gasteiger partial charge in [0.25, 0.3) is 0 Å². The Morgan fingerprint density at radius 2 is 2.14 bits per heavy atom. The van der Waals surface area contributed by atoms with Gasteiger partial charge in [-0.3, -0.25) is 14.9 Å². The average molecular weight is 293 g/mol. The number of carboxylic acid groups (broad SMARTS) is 1. The zero-order valence-electron chi connectivity index (χ0n) is 12.0. The van der Waals surface area contributed by atoms with E-state index in [1.165, 1.54) is 6.20 Å². The maximum atomic E-state index is 11.6. The van der Waals surface area contributed by atoms with Crippen LogP contribution in [0.3, 0.4) is 0 Å². The van der Waals surface area contributed by atoms with Crippen LogP contribution in [0.2, 0.25) is 0 Å². The molecule has 21 heavy (non-hydrogen) atoms. The van der Waals surface area contributed by atoms with Crippen LogP contribution in [0.15, 0.2) is 12.3 Å². The molecule has 2 rings (SSSR count). The maximum absolute atomic E-state index is 11.6. The van der Waals surface area contributed by atoms with Crippen LogP contribution >= 0.6 is 0 Å². The fourth-order valence-corrected chi connectivity index (χ4v) is 2.86. The Balaban J connectivity index is 2.20. The van der Waals surface area contributed by atoms with Gasteiger partial charge in [0, 0.05) is 18.3 Å². The summed E-state index contributed by atoms with van der Waals surface area (Å²) in [5.41, 5.74) is -0.434. The molecule has 0 aliphatic heterocycles. The maximum Gasteiger partial charge on any atom is 0.314 e. The fraction of sp³-hybridized carbons (Fsp3) is 0.571. The van der Waals surface area contributed by atoms with Crippen LogP contribution in [0.4, 0.5) is 11.5 Å². The van der Waals surface area contributed by atoms with Gasteiger partial charge < -0.3 is 10.4 Å². The van der Waals surface area contributed by atoms with Gasteiger partial charge in [-0.05, 0) is 25.8 Å². The molecule has 2 N–H and O–H groups in total. The number of hydrogen-bond donors (Lipinski definition) is 2. The van der Waals surface area contributed by atoms with Gasteiger partial charge in [0.15, 0.2) is 0 Å². The van der Waals surface area contributed by atoms with Crippen molar-refractivity contribution in [1.82, 2.24) is 4.98 Å². The van der Waals surface area contributed by atoms with E-state index in [0.717, 1.165) is 19.3 Å². The van der Waals surface area contributed by atoms with Gasteiger partial charge in [0.05, 0.1) is 10.3 Å². The highest BCUT2D eigenvalue weighted by Crippen LogP contribution is 2.37. The van der Waals surface area contributed by atoms with Crippen LogP contribution in [0.1, 0.15) is 37.7 Å². The number of aliphatic carboxylic acids is 1. The third kappa shape index (κ3) is 3.12. The standard InChI is InChI=1S/C14H19N3O4/c1-10-5-8-15-12(11(10)17(20)21)16-9-14(13(18)19)6-3-2-4-7-14/h5,8H,2-4,6-7,9H2,1H3,(H,15,16)(H,18,19). The van der Waals surface area contributed by atoms with E-state index in [0.29, 0.717) is 18.4 Å². The zero-order valence-corrected chi connectivity index (χ0v) is 12.0. The Bertz CT molecular complexity index is 553. The molecule has 7 nitrogen and oxygen atoms in total. The molecule has 0 saturated heterocycles. The Kier molecular flexibility index (Phi) is 4.40. The van der Waals surface area contributed by atoms with Crippen LogP contribution in [0.5, 0.6) is 0 Å². The van der Waals surface area contributed by atoms with Crippen LogP contribution in [-0.4, -0.2) is 27.5 Å². The third-order valence-corrected chi connectivity index (χ3v) is 4.17. The van der Waals surface area contributed by atoms with Crippen LogP contribution in [0, 0.1) is 22.5 Å². The minimum atomic E-state index is -0.850. The normalized spacial score (nSPS) is 17.2. The SMILES string of the molecule is Cc1ccnc(NCC2(C(=O)O)CCCCC2)c1[N+](=O)[O-]. The fourth-order valence-electron chi connectivity index (χ4n) is 2.86. The lowest BCUT2D eigenvalue weighted by Crippen LogP contribution is -2.39. The molecule has 1 aliphatic rings. The summed E-state index contributed by atoms with van der Waals surface area (Å²) in [5.74, 6) is -0.698. The number of nitro groups is 1. The molecule has 0 aromatic carbocycles. The Morgan fingerprint density at radius 1 is 1.48 bits per heavy atom. The largest absolute Gasteiger partial charge is 0.481 e. The Labute approximate surface area is 122 Å². The topological polar surface area (TPSA) is 105 Å². The molecule has 0 unspecified atom stereocenters. The van der Waals surface area contributed by atoms with Gasteiger partial charge in [-0.15, -0.1) is 0 Å². The zero-order chi connectivity index (χ0) is 15.5. The van der Waals surface area contributed by atoms with E-state index in [9.17, 15) is 20.0 Å². The summed E-state index contributed by atoms with van der Waals surface area (Å²) < 4.78 is 0. The average Bonchev–Trinajstić information content (AvgIpc) is 2.45. The number of aryl methyl sites for hydroxylation is 1. The summed E-state index contributed by atoms with van der Waals surface area (Å²) in [5, 5.41) is 23.5. The minimum absolute atomic E-state index is 0.0890. The summed E-state index contributed by atoms with van der Waals surface area (Å²) in [6.45, 7) is 1.80. The van der Waals surface area contributed by atoms with Gasteiger partial charge in [0.1, 0.15) is 0 Å². The lowest BCUT2D eigenvalue weighted by molar-refractivity contribution is -0.384. The Morgan fingerprint density at radius 3 is 2.71 bits per heavy atom. The highest BCUT2D eigenvalue weighted by atomic mass is 16.6. The van der Waals surface area contributed by atoms with Crippen molar-refractivity contribution in [2.45, 2.75) is 39.0 Å². The second-order valence-corrected chi connectivity index (χ2v) is 5.58. The van der Waals surface area contributed by atoms with Gasteiger partial charge in [-0.1, -0.05) is 19.3 Å². The number of nitrogens with one attached hydrogen (secondary N) is 1. The van der Waals surface area contributed by atoms with E-state index in [-0.39, 0.29) is 18.1 Å². The second kappa shape index (κ2) is 6.07. The van der Waals surface area contributed by atoms with E-state index in [1.54, 1.807) is 13.0 Å². The molecule has 7 heteroatoms. The molecule has 1 heterocycles. The number of hydrogen-bond acceptors (Lipinski definition) is 5. The summed E-state index contributed by atoms with van der Waals surface area (Å²) >= 11 is 0. The molecule has 1 fully saturated rings. The first-order valence-corrected chi connectivity index (χ1v) is 7.03. The predicted octanol–water partition coefficient (Wildman–Crippen LogP) is 2.75. The number of nitrogens with zero attached hydrogens (tertiary/aromatic N) is 2. The van der Waals surface area contributed by atoms with Crippen LogP contribution < -0.4 is 5.32 Å². The molecule has 114 valence electrons. The highest BCUT2D eigenvalue weighted by molar-refractivity contribution is 5.76. The summed E-state index contributed by atoms with van der Waals surface area (Å²) in [7, 11) is 0. The second-order valence-electron chi connectivity index (χ2n) is 5.58. The molecule has 0 amide bonds. The monoisotopic (exact) mass is 293 g/mol. The quantitative estimate of drug-likeness (QED) is 0.638. The van der Waals surface area contributed by atoms with Crippen molar-refractivity contribution in [3.05, 3.63) is 27.9 Å². The molecule has 0 spiro atoms. The van der Waals surface area contributed by atoms with E-state index in [4.69, 9.17) is 0 Å². The minimum Gasteiger partial charge on any atom is -0.481 e. The molecule has 1 saturated carbocycles. The first-order valence-electron chi connectivity index (χ1n) is 7.03. The van der Waals surface area contributed by atoms with Crippen molar-refractivity contribution in [2.75, 3.05) is 11.9 Å². The smallest absolute Gasteiger partial charge is 0.314 e. The van der Waals surface area contributed by atoms with Crippen molar-refractivity contribution in [1.29, 1.82) is 0 Å². The van der Waals surface area contributed by atoms with Crippen LogP contribution in [0.25, 0.3) is 0 Å². The summed E-state index contributed by atoms with van der Waals surface area (Å²) in [6, 6.07) is 1.57. The van der Waals surface area contributed by atoms with Gasteiger partial charge in [0.2, 0.25) is 5.82 Å². The number of aromatic nitrogens is 1. The van der Waals surface area contributed by atoms with E-state index < -0.39 is 16.3 Å². The number of anilines is 1. The molecule has 0 bridgehead atoms. The molecule has 1 aromatic heterocycles. The van der Waals surface area contributed by atoms with Crippen molar-refractivity contribution in [3.8, 4) is 0 Å². The summed E-state index contributed by atoms with van der Waals surface area (Å²) in [6.07, 6.45) is 5.45. The molecular formula is C14H19N3O4.